The average Bonchev–Trinajstić information content (AvgIpc) is 3.02. The van der Waals surface area contributed by atoms with Crippen LogP contribution in [-0.4, -0.2) is 62.7 Å². The van der Waals surface area contributed by atoms with Gasteiger partial charge in [-0.25, -0.2) is 8.42 Å². The molecule has 1 fully saturated rings. The van der Waals surface area contributed by atoms with E-state index in [9.17, 15) is 18.0 Å². The molecule has 1 saturated heterocycles. The van der Waals surface area contributed by atoms with Crippen molar-refractivity contribution < 1.29 is 18.0 Å². The van der Waals surface area contributed by atoms with Gasteiger partial charge >= 0.3 is 0 Å². The summed E-state index contributed by atoms with van der Waals surface area (Å²) in [4.78, 5) is 27.3. The molecule has 0 unspecified atom stereocenters. The van der Waals surface area contributed by atoms with Gasteiger partial charge in [0.25, 0.3) is 0 Å². The van der Waals surface area contributed by atoms with Gasteiger partial charge in [0, 0.05) is 38.8 Å². The fraction of sp³-hybridized carbons (Fsp3) is 0.529. The van der Waals surface area contributed by atoms with Gasteiger partial charge in [0.05, 0.1) is 11.4 Å². The molecule has 1 aromatic carbocycles. The van der Waals surface area contributed by atoms with Crippen molar-refractivity contribution in [3.63, 3.8) is 0 Å². The van der Waals surface area contributed by atoms with Gasteiger partial charge in [-0.3, -0.25) is 9.59 Å². The fourth-order valence-corrected chi connectivity index (χ4v) is 3.97. The molecule has 0 spiro atoms. The lowest BCUT2D eigenvalue weighted by Crippen LogP contribution is -2.40. The van der Waals surface area contributed by atoms with E-state index in [2.05, 4.69) is 0 Å². The standard InChI is InChI=1S/C17H25N3O4S/c1-4-19(5-2)17(22)13-18(3)25(23,24)15-10-8-14(9-11-15)20-12-6-7-16(20)21/h8-11H,4-7,12-13H2,1-3H3. The van der Waals surface area contributed by atoms with Gasteiger partial charge in [-0.1, -0.05) is 0 Å². The minimum absolute atomic E-state index is 0.0533. The first-order chi connectivity index (χ1) is 11.8. The second kappa shape index (κ2) is 7.97. The van der Waals surface area contributed by atoms with Crippen LogP contribution in [-0.2, 0) is 19.6 Å². The molecule has 1 aliphatic rings. The van der Waals surface area contributed by atoms with Gasteiger partial charge in [0.1, 0.15) is 0 Å². The quantitative estimate of drug-likeness (QED) is 0.728. The summed E-state index contributed by atoms with van der Waals surface area (Å²) in [5, 5.41) is 0. The number of sulfonamides is 1. The molecule has 0 aliphatic carbocycles. The van der Waals surface area contributed by atoms with Crippen LogP contribution in [0.4, 0.5) is 5.69 Å². The first-order valence-corrected chi connectivity index (χ1v) is 9.89. The van der Waals surface area contributed by atoms with Crippen LogP contribution in [0.5, 0.6) is 0 Å². The van der Waals surface area contributed by atoms with Crippen LogP contribution >= 0.6 is 0 Å². The number of hydrogen-bond acceptors (Lipinski definition) is 4. The molecule has 2 rings (SSSR count). The number of hydrogen-bond donors (Lipinski definition) is 0. The van der Waals surface area contributed by atoms with Gasteiger partial charge < -0.3 is 9.80 Å². The number of nitrogens with zero attached hydrogens (tertiary/aromatic N) is 3. The van der Waals surface area contributed by atoms with E-state index >= 15 is 0 Å². The molecule has 1 aromatic rings. The van der Waals surface area contributed by atoms with E-state index in [1.807, 2.05) is 13.8 Å². The smallest absolute Gasteiger partial charge is 0.243 e. The van der Waals surface area contributed by atoms with Crippen LogP contribution in [0.1, 0.15) is 26.7 Å². The van der Waals surface area contributed by atoms with Crippen molar-refractivity contribution in [2.45, 2.75) is 31.6 Å². The second-order valence-corrected chi connectivity index (χ2v) is 8.01. The minimum Gasteiger partial charge on any atom is -0.342 e. The highest BCUT2D eigenvalue weighted by atomic mass is 32.2. The largest absolute Gasteiger partial charge is 0.342 e. The predicted octanol–water partition coefficient (Wildman–Crippen LogP) is 1.30. The van der Waals surface area contributed by atoms with Crippen molar-refractivity contribution in [3.8, 4) is 0 Å². The summed E-state index contributed by atoms with van der Waals surface area (Å²) in [6.45, 7) is 5.26. The molecule has 0 saturated carbocycles. The van der Waals surface area contributed by atoms with Crippen LogP contribution in [0.3, 0.4) is 0 Å². The highest BCUT2D eigenvalue weighted by Gasteiger charge is 2.26. The van der Waals surface area contributed by atoms with E-state index in [-0.39, 0.29) is 23.3 Å². The van der Waals surface area contributed by atoms with Crippen molar-refractivity contribution in [2.24, 2.45) is 0 Å². The van der Waals surface area contributed by atoms with E-state index < -0.39 is 10.0 Å². The zero-order chi connectivity index (χ0) is 18.6. The van der Waals surface area contributed by atoms with Gasteiger partial charge in [-0.05, 0) is 44.5 Å². The third-order valence-corrected chi connectivity index (χ3v) is 6.22. The third-order valence-electron chi connectivity index (χ3n) is 4.40. The average molecular weight is 367 g/mol. The van der Waals surface area contributed by atoms with E-state index in [0.29, 0.717) is 31.7 Å². The summed E-state index contributed by atoms with van der Waals surface area (Å²) in [5.41, 5.74) is 0.698. The van der Waals surface area contributed by atoms with Gasteiger partial charge in [0.15, 0.2) is 0 Å². The Balaban J connectivity index is 2.13. The zero-order valence-corrected chi connectivity index (χ0v) is 15.8. The molecule has 1 heterocycles. The molecular weight excluding hydrogens is 342 g/mol. The van der Waals surface area contributed by atoms with Crippen LogP contribution in [0, 0.1) is 0 Å². The van der Waals surface area contributed by atoms with Crippen LogP contribution in [0.2, 0.25) is 0 Å². The Hall–Kier alpha value is -1.93. The second-order valence-electron chi connectivity index (χ2n) is 5.97. The van der Waals surface area contributed by atoms with Crippen molar-refractivity contribution in [1.29, 1.82) is 0 Å². The van der Waals surface area contributed by atoms with E-state index in [1.54, 1.807) is 21.9 Å². The van der Waals surface area contributed by atoms with Gasteiger partial charge in [0.2, 0.25) is 21.8 Å². The summed E-state index contributed by atoms with van der Waals surface area (Å²) in [5.74, 6) is -0.173. The summed E-state index contributed by atoms with van der Waals surface area (Å²) < 4.78 is 26.3. The summed E-state index contributed by atoms with van der Waals surface area (Å²) >= 11 is 0. The number of amides is 2. The molecular formula is C17H25N3O4S. The zero-order valence-electron chi connectivity index (χ0n) is 14.9. The summed E-state index contributed by atoms with van der Waals surface area (Å²) in [6.07, 6.45) is 1.34. The maximum atomic E-state index is 12.6. The Bertz CT molecular complexity index is 727. The van der Waals surface area contributed by atoms with Crippen molar-refractivity contribution in [2.75, 3.05) is 38.1 Å². The lowest BCUT2D eigenvalue weighted by atomic mass is 10.3. The van der Waals surface area contributed by atoms with E-state index in [0.717, 1.165) is 10.7 Å². The molecule has 1 aliphatic heterocycles. The summed E-state index contributed by atoms with van der Waals surface area (Å²) in [7, 11) is -2.36. The predicted molar refractivity (Wildman–Crippen MR) is 95.8 cm³/mol. The number of rotatable bonds is 7. The minimum atomic E-state index is -3.76. The van der Waals surface area contributed by atoms with Crippen LogP contribution < -0.4 is 4.90 Å². The first-order valence-electron chi connectivity index (χ1n) is 8.45. The van der Waals surface area contributed by atoms with Crippen LogP contribution in [0.15, 0.2) is 29.2 Å². The third kappa shape index (κ3) is 4.19. The highest BCUT2D eigenvalue weighted by Crippen LogP contribution is 2.24. The highest BCUT2D eigenvalue weighted by molar-refractivity contribution is 7.89. The Morgan fingerprint density at radius 1 is 1.16 bits per heavy atom. The number of anilines is 1. The molecule has 0 atom stereocenters. The molecule has 0 bridgehead atoms. The number of benzene rings is 1. The molecule has 0 aromatic heterocycles. The molecule has 8 heteroatoms. The maximum absolute atomic E-state index is 12.6. The lowest BCUT2D eigenvalue weighted by Gasteiger charge is -2.23. The molecule has 7 nitrogen and oxygen atoms in total. The Kier molecular flexibility index (Phi) is 6.18. The summed E-state index contributed by atoms with van der Waals surface area (Å²) in [6, 6.07) is 6.23. The molecule has 138 valence electrons. The Morgan fingerprint density at radius 2 is 1.76 bits per heavy atom. The number of carbonyl (C=O) groups is 2. The lowest BCUT2D eigenvalue weighted by molar-refractivity contribution is -0.130. The van der Waals surface area contributed by atoms with Crippen molar-refractivity contribution in [1.82, 2.24) is 9.21 Å². The molecule has 2 amide bonds. The number of carbonyl (C=O) groups excluding carboxylic acids is 2. The molecule has 0 N–H and O–H groups in total. The SMILES string of the molecule is CCN(CC)C(=O)CN(C)S(=O)(=O)c1ccc(N2CCCC2=O)cc1. The van der Waals surface area contributed by atoms with E-state index in [1.165, 1.54) is 19.2 Å². The van der Waals surface area contributed by atoms with Gasteiger partial charge in [-0.2, -0.15) is 4.31 Å². The Labute approximate surface area is 149 Å². The monoisotopic (exact) mass is 367 g/mol. The Morgan fingerprint density at radius 3 is 2.24 bits per heavy atom. The van der Waals surface area contributed by atoms with Crippen LogP contribution in [0.25, 0.3) is 0 Å². The van der Waals surface area contributed by atoms with Crippen molar-refractivity contribution in [3.05, 3.63) is 24.3 Å². The molecule has 25 heavy (non-hydrogen) atoms. The van der Waals surface area contributed by atoms with Gasteiger partial charge in [-0.15, -0.1) is 0 Å². The normalized spacial score (nSPS) is 15.0. The number of likely N-dealkylation sites (N-methyl/N-ethyl adjacent to an activating group) is 2. The fourth-order valence-electron chi connectivity index (χ4n) is 2.85. The topological polar surface area (TPSA) is 78.0 Å². The maximum Gasteiger partial charge on any atom is 0.243 e. The first kappa shape index (κ1) is 19.4. The van der Waals surface area contributed by atoms with E-state index in [4.69, 9.17) is 0 Å². The van der Waals surface area contributed by atoms with Crippen molar-refractivity contribution >= 4 is 27.5 Å². The molecule has 0 radical (unpaired) electrons.